The van der Waals surface area contributed by atoms with E-state index in [2.05, 4.69) is 39.9 Å². The lowest BCUT2D eigenvalue weighted by molar-refractivity contribution is -0.135. The number of aromatic nitrogens is 1. The van der Waals surface area contributed by atoms with Crippen molar-refractivity contribution in [3.63, 3.8) is 0 Å². The van der Waals surface area contributed by atoms with Crippen molar-refractivity contribution in [3.8, 4) is 0 Å². The van der Waals surface area contributed by atoms with Crippen LogP contribution in [0.2, 0.25) is 0 Å². The molecule has 0 radical (unpaired) electrons. The Balaban J connectivity index is 0.000000420. The van der Waals surface area contributed by atoms with E-state index in [0.29, 0.717) is 12.3 Å². The van der Waals surface area contributed by atoms with Crippen LogP contribution in [0.4, 0.5) is 0 Å². The van der Waals surface area contributed by atoms with Gasteiger partial charge < -0.3 is 15.1 Å². The Kier molecular flexibility index (Phi) is 8.93. The molecule has 1 aromatic carbocycles. The van der Waals surface area contributed by atoms with Gasteiger partial charge in [-0.25, -0.2) is 8.42 Å². The number of fused-ring (bicyclic) bond motifs is 2. The molecule has 0 bridgehead atoms. The Labute approximate surface area is 194 Å². The maximum atomic E-state index is 12.6. The van der Waals surface area contributed by atoms with E-state index in [-0.39, 0.29) is 17.2 Å². The summed E-state index contributed by atoms with van der Waals surface area (Å²) in [5.74, 6) is -1.14. The van der Waals surface area contributed by atoms with E-state index in [1.165, 1.54) is 16.5 Å². The number of carboxylic acid groups (broad SMARTS) is 2. The van der Waals surface area contributed by atoms with Gasteiger partial charge >= 0.3 is 0 Å². The number of hydrogen-bond donors (Lipinski definition) is 2. The first-order chi connectivity index (χ1) is 15.3. The molecule has 0 spiro atoms. The Morgan fingerprint density at radius 3 is 2.30 bits per heavy atom. The van der Waals surface area contributed by atoms with Gasteiger partial charge in [0, 0.05) is 57.0 Å². The Morgan fingerprint density at radius 2 is 1.73 bits per heavy atom. The summed E-state index contributed by atoms with van der Waals surface area (Å²) in [5.41, 5.74) is 3.51. The molecule has 2 N–H and O–H groups in total. The van der Waals surface area contributed by atoms with Crippen LogP contribution in [-0.4, -0.2) is 89.6 Å². The zero-order chi connectivity index (χ0) is 24.9. The topological polar surface area (TPSA) is 128 Å². The normalized spacial score (nSPS) is 23.3. The fourth-order valence-electron chi connectivity index (χ4n) is 4.53. The minimum Gasteiger partial charge on any atom is -0.481 e. The van der Waals surface area contributed by atoms with Crippen LogP contribution in [0.1, 0.15) is 25.0 Å². The van der Waals surface area contributed by atoms with Crippen molar-refractivity contribution < 1.29 is 28.2 Å². The number of benzene rings is 1. The average Bonchev–Trinajstić information content (AvgIpc) is 3.21. The monoisotopic (exact) mass is 479 g/mol. The first-order valence-electron chi connectivity index (χ1n) is 10.7. The second kappa shape index (κ2) is 11.0. The highest BCUT2D eigenvalue weighted by atomic mass is 32.2. The molecule has 2 aliphatic rings. The number of aliphatic carboxylic acids is 2. The van der Waals surface area contributed by atoms with Crippen LogP contribution in [0.3, 0.4) is 0 Å². The van der Waals surface area contributed by atoms with Gasteiger partial charge in [-0.05, 0) is 44.3 Å². The molecular weight excluding hydrogens is 446 g/mol. The molecule has 2 aromatic rings. The highest BCUT2D eigenvalue weighted by Gasteiger charge is 2.52. The third-order valence-electron chi connectivity index (χ3n) is 5.92. The summed E-state index contributed by atoms with van der Waals surface area (Å²) in [6.07, 6.45) is 1.82. The number of hydrogen-bond acceptors (Lipinski definition) is 7. The molecule has 3 heterocycles. The number of carbonyl (C=O) groups is 2. The molecule has 0 aliphatic carbocycles. The van der Waals surface area contributed by atoms with E-state index in [1.807, 2.05) is 26.4 Å². The second-order valence-electron chi connectivity index (χ2n) is 8.73. The summed E-state index contributed by atoms with van der Waals surface area (Å²) in [6.45, 7) is 6.58. The molecule has 0 unspecified atom stereocenters. The Hall–Kier alpha value is -2.56. The van der Waals surface area contributed by atoms with Gasteiger partial charge in [-0.1, -0.05) is 12.1 Å². The summed E-state index contributed by atoms with van der Waals surface area (Å²) in [7, 11) is 0.992. The summed E-state index contributed by atoms with van der Waals surface area (Å²) in [6, 6.07) is 8.38. The van der Waals surface area contributed by atoms with E-state index in [9.17, 15) is 8.42 Å². The molecule has 4 rings (SSSR count). The van der Waals surface area contributed by atoms with Crippen molar-refractivity contribution in [3.05, 3.63) is 41.6 Å². The van der Waals surface area contributed by atoms with Gasteiger partial charge in [-0.3, -0.25) is 19.5 Å². The Bertz CT molecular complexity index is 1080. The predicted octanol–water partition coefficient (Wildman–Crippen LogP) is 1.88. The quantitative estimate of drug-likeness (QED) is 0.678. The van der Waals surface area contributed by atoms with Gasteiger partial charge in [0.1, 0.15) is 0 Å². The lowest BCUT2D eigenvalue weighted by Crippen LogP contribution is -2.37. The van der Waals surface area contributed by atoms with Crippen LogP contribution in [0, 0.1) is 12.8 Å². The van der Waals surface area contributed by atoms with Crippen LogP contribution in [0.15, 0.2) is 30.5 Å². The van der Waals surface area contributed by atoms with E-state index in [4.69, 9.17) is 19.8 Å². The lowest BCUT2D eigenvalue weighted by Gasteiger charge is -2.25. The molecule has 1 aromatic heterocycles. The molecule has 2 fully saturated rings. The van der Waals surface area contributed by atoms with Gasteiger partial charge in [0.15, 0.2) is 9.84 Å². The number of likely N-dealkylation sites (tertiary alicyclic amines) is 1. The molecule has 182 valence electrons. The van der Waals surface area contributed by atoms with Crippen LogP contribution in [0.25, 0.3) is 10.9 Å². The Morgan fingerprint density at radius 1 is 1.12 bits per heavy atom. The molecule has 2 aliphatic heterocycles. The van der Waals surface area contributed by atoms with Crippen molar-refractivity contribution in [1.82, 2.24) is 14.8 Å². The summed E-state index contributed by atoms with van der Waals surface area (Å²) in [5, 5.41) is 15.8. The molecule has 33 heavy (non-hydrogen) atoms. The first-order valence-corrected chi connectivity index (χ1v) is 12.4. The molecule has 9 nitrogen and oxygen atoms in total. The highest BCUT2D eigenvalue weighted by molar-refractivity contribution is 7.92. The van der Waals surface area contributed by atoms with Crippen LogP contribution in [0.5, 0.6) is 0 Å². The largest absolute Gasteiger partial charge is 0.481 e. The first kappa shape index (κ1) is 26.7. The van der Waals surface area contributed by atoms with Crippen molar-refractivity contribution in [1.29, 1.82) is 0 Å². The third kappa shape index (κ3) is 6.96. The SMILES string of the molecule is CC(=O)O.CC(=O)O.Cc1ccc2ncccc2c1CN1C[C@H]2[C@@H](N(C)C)CS(=O)(=O)[C@H]2C1. The summed E-state index contributed by atoms with van der Waals surface area (Å²) in [4.78, 5) is 26.9. The number of pyridine rings is 1. The maximum absolute atomic E-state index is 12.6. The standard InChI is InChI=1S/C19H25N3O2S.2C2H4O2/c1-13-6-7-17-14(5-4-8-20-17)15(13)9-22-10-16-18(21(2)3)12-25(23,24)19(16)11-22;2*1-2(3)4/h4-8,16,18-19H,9-12H2,1-3H3;2*1H3,(H,3,4)/t16-,18-,19-;;/m0../s1. The minimum absolute atomic E-state index is 0.135. The number of carboxylic acids is 2. The van der Waals surface area contributed by atoms with Crippen LogP contribution in [-0.2, 0) is 26.0 Å². The van der Waals surface area contributed by atoms with E-state index < -0.39 is 21.8 Å². The number of rotatable bonds is 3. The smallest absolute Gasteiger partial charge is 0.300 e. The molecule has 0 saturated carbocycles. The lowest BCUT2D eigenvalue weighted by atomic mass is 9.99. The highest BCUT2D eigenvalue weighted by Crippen LogP contribution is 2.37. The fraction of sp³-hybridized carbons (Fsp3) is 0.522. The van der Waals surface area contributed by atoms with E-state index in [1.54, 1.807) is 0 Å². The van der Waals surface area contributed by atoms with Gasteiger partial charge in [0.25, 0.3) is 11.9 Å². The zero-order valence-electron chi connectivity index (χ0n) is 19.7. The average molecular weight is 480 g/mol. The predicted molar refractivity (Wildman–Crippen MR) is 127 cm³/mol. The summed E-state index contributed by atoms with van der Waals surface area (Å²) >= 11 is 0. The number of sulfone groups is 1. The van der Waals surface area contributed by atoms with Crippen molar-refractivity contribution in [2.75, 3.05) is 32.9 Å². The molecule has 10 heteroatoms. The molecule has 3 atom stereocenters. The van der Waals surface area contributed by atoms with Gasteiger partial charge in [-0.15, -0.1) is 0 Å². The fourth-order valence-corrected chi connectivity index (χ4v) is 7.04. The van der Waals surface area contributed by atoms with Crippen molar-refractivity contribution >= 4 is 32.7 Å². The molecule has 0 amide bonds. The van der Waals surface area contributed by atoms with Crippen molar-refractivity contribution in [2.45, 2.75) is 38.6 Å². The third-order valence-corrected chi connectivity index (χ3v) is 8.15. The second-order valence-corrected chi connectivity index (χ2v) is 11.0. The number of aryl methyl sites for hydroxylation is 1. The van der Waals surface area contributed by atoms with Crippen LogP contribution >= 0.6 is 0 Å². The van der Waals surface area contributed by atoms with E-state index in [0.717, 1.165) is 32.5 Å². The number of nitrogens with zero attached hydrogens (tertiary/aromatic N) is 3. The van der Waals surface area contributed by atoms with Crippen LogP contribution < -0.4 is 0 Å². The van der Waals surface area contributed by atoms with Gasteiger partial charge in [0.05, 0.1) is 16.5 Å². The summed E-state index contributed by atoms with van der Waals surface area (Å²) < 4.78 is 25.1. The molecule has 2 saturated heterocycles. The van der Waals surface area contributed by atoms with E-state index >= 15 is 0 Å². The zero-order valence-corrected chi connectivity index (χ0v) is 20.5. The van der Waals surface area contributed by atoms with Crippen molar-refractivity contribution in [2.24, 2.45) is 5.92 Å². The minimum atomic E-state index is -2.99. The maximum Gasteiger partial charge on any atom is 0.300 e. The van der Waals surface area contributed by atoms with Gasteiger partial charge in [0.2, 0.25) is 0 Å². The molecular formula is C23H33N3O6S. The van der Waals surface area contributed by atoms with Gasteiger partial charge in [-0.2, -0.15) is 0 Å².